The minimum absolute atomic E-state index is 0.138. The third-order valence-electron chi connectivity index (χ3n) is 3.89. The van der Waals surface area contributed by atoms with Gasteiger partial charge in [-0.15, -0.1) is 0 Å². The number of nitrogens with one attached hydrogen (secondary N) is 1. The van der Waals surface area contributed by atoms with Gasteiger partial charge >= 0.3 is 0 Å². The summed E-state index contributed by atoms with van der Waals surface area (Å²) in [5, 5.41) is 3.48. The zero-order valence-corrected chi connectivity index (χ0v) is 10.8. The van der Waals surface area contributed by atoms with Gasteiger partial charge in [0.1, 0.15) is 0 Å². The van der Waals surface area contributed by atoms with Crippen LogP contribution in [-0.4, -0.2) is 29.8 Å². The van der Waals surface area contributed by atoms with Crippen molar-refractivity contribution in [1.29, 1.82) is 0 Å². The fourth-order valence-electron chi connectivity index (χ4n) is 3.58. The molecule has 0 saturated heterocycles. The molecule has 2 fully saturated rings. The first kappa shape index (κ1) is 12.3. The topological polar surface area (TPSA) is 66.4 Å². The van der Waals surface area contributed by atoms with Crippen LogP contribution >= 0.6 is 0 Å². The Hall–Kier alpha value is -0.130. The molecule has 5 heteroatoms. The molecular formula is C11H21NO3S. The second-order valence-corrected chi connectivity index (χ2v) is 7.62. The molecule has 2 aliphatic rings. The summed E-state index contributed by atoms with van der Waals surface area (Å²) in [6.07, 6.45) is 5.98. The van der Waals surface area contributed by atoms with Crippen molar-refractivity contribution in [2.24, 2.45) is 5.92 Å². The molecule has 0 aromatic rings. The Morgan fingerprint density at radius 1 is 1.38 bits per heavy atom. The van der Waals surface area contributed by atoms with E-state index in [2.05, 4.69) is 5.32 Å². The molecule has 0 spiro atoms. The van der Waals surface area contributed by atoms with Gasteiger partial charge < -0.3 is 5.32 Å². The zero-order chi connectivity index (χ0) is 12.0. The molecule has 94 valence electrons. The molecule has 0 atom stereocenters. The van der Waals surface area contributed by atoms with Gasteiger partial charge in [0.25, 0.3) is 10.1 Å². The predicted octanol–water partition coefficient (Wildman–Crippen LogP) is 1.58. The standard InChI is InChI=1S/C11H21NO3S/c1-10(2,8-16(13,14)15)12-11-5-3-9(7-11)4-6-11/h9,12H,3-8H2,1-2H3,(H,13,14,15). The molecule has 2 aliphatic carbocycles. The molecule has 2 saturated carbocycles. The molecule has 0 aliphatic heterocycles. The molecule has 0 amide bonds. The molecule has 0 aromatic heterocycles. The highest BCUT2D eigenvalue weighted by Crippen LogP contribution is 2.48. The zero-order valence-electron chi connectivity index (χ0n) is 9.99. The molecule has 2 bridgehead atoms. The molecule has 0 heterocycles. The van der Waals surface area contributed by atoms with E-state index in [9.17, 15) is 8.42 Å². The maximum Gasteiger partial charge on any atom is 0.266 e. The van der Waals surface area contributed by atoms with Gasteiger partial charge in [0, 0.05) is 11.1 Å². The normalized spacial score (nSPS) is 34.6. The highest BCUT2D eigenvalue weighted by molar-refractivity contribution is 7.85. The lowest BCUT2D eigenvalue weighted by Gasteiger charge is -2.37. The van der Waals surface area contributed by atoms with Gasteiger partial charge in [-0.3, -0.25) is 4.55 Å². The Bertz CT molecular complexity index is 367. The van der Waals surface area contributed by atoms with Gasteiger partial charge in [-0.1, -0.05) is 0 Å². The average molecular weight is 247 g/mol. The quantitative estimate of drug-likeness (QED) is 0.740. The van der Waals surface area contributed by atoms with Crippen molar-refractivity contribution in [2.75, 3.05) is 5.75 Å². The highest BCUT2D eigenvalue weighted by atomic mass is 32.2. The lowest BCUT2D eigenvalue weighted by Crippen LogP contribution is -2.56. The Kier molecular flexibility index (Phi) is 2.84. The number of rotatable bonds is 4. The second kappa shape index (κ2) is 3.68. The number of fused-ring (bicyclic) bond motifs is 2. The monoisotopic (exact) mass is 247 g/mol. The number of hydrogen-bond donors (Lipinski definition) is 2. The summed E-state index contributed by atoms with van der Waals surface area (Å²) in [6.45, 7) is 3.70. The van der Waals surface area contributed by atoms with Gasteiger partial charge in [-0.2, -0.15) is 8.42 Å². The highest BCUT2D eigenvalue weighted by Gasteiger charge is 2.47. The van der Waals surface area contributed by atoms with Gasteiger partial charge in [0.05, 0.1) is 5.75 Å². The Labute approximate surface area is 97.6 Å². The summed E-state index contributed by atoms with van der Waals surface area (Å²) in [5.74, 6) is 0.612. The van der Waals surface area contributed by atoms with E-state index < -0.39 is 15.7 Å². The van der Waals surface area contributed by atoms with Crippen LogP contribution in [0.3, 0.4) is 0 Å². The first-order valence-electron chi connectivity index (χ1n) is 5.94. The molecular weight excluding hydrogens is 226 g/mol. The second-order valence-electron chi connectivity index (χ2n) is 6.16. The van der Waals surface area contributed by atoms with E-state index >= 15 is 0 Å². The summed E-state index contributed by atoms with van der Waals surface area (Å²) in [4.78, 5) is 0. The Morgan fingerprint density at radius 3 is 2.31 bits per heavy atom. The minimum atomic E-state index is -3.91. The molecule has 0 aromatic carbocycles. The molecule has 0 radical (unpaired) electrons. The molecule has 2 N–H and O–H groups in total. The maximum absolute atomic E-state index is 10.9. The van der Waals surface area contributed by atoms with E-state index in [1.165, 1.54) is 19.3 Å². The van der Waals surface area contributed by atoms with Crippen molar-refractivity contribution < 1.29 is 13.0 Å². The fourth-order valence-corrected chi connectivity index (χ4v) is 4.56. The van der Waals surface area contributed by atoms with Gasteiger partial charge in [-0.25, -0.2) is 0 Å². The third-order valence-corrected chi connectivity index (χ3v) is 4.97. The number of hydrogen-bond acceptors (Lipinski definition) is 3. The summed E-state index contributed by atoms with van der Waals surface area (Å²) < 4.78 is 30.8. The fraction of sp³-hybridized carbons (Fsp3) is 1.00. The summed E-state index contributed by atoms with van der Waals surface area (Å²) in [6, 6.07) is 0. The van der Waals surface area contributed by atoms with Crippen molar-refractivity contribution in [3.05, 3.63) is 0 Å². The summed E-state index contributed by atoms with van der Waals surface area (Å²) in [5.41, 5.74) is -0.411. The van der Waals surface area contributed by atoms with Crippen molar-refractivity contribution >= 4 is 10.1 Å². The van der Waals surface area contributed by atoms with Crippen molar-refractivity contribution in [1.82, 2.24) is 5.32 Å². The molecule has 4 nitrogen and oxygen atoms in total. The van der Waals surface area contributed by atoms with Crippen molar-refractivity contribution in [2.45, 2.75) is 57.0 Å². The summed E-state index contributed by atoms with van der Waals surface area (Å²) >= 11 is 0. The van der Waals surface area contributed by atoms with Crippen LogP contribution in [-0.2, 0) is 10.1 Å². The predicted molar refractivity (Wildman–Crippen MR) is 62.9 cm³/mol. The maximum atomic E-state index is 10.9. The van der Waals surface area contributed by atoms with Crippen LogP contribution < -0.4 is 5.32 Å². The van der Waals surface area contributed by atoms with Gasteiger partial charge in [0.2, 0.25) is 0 Å². The lowest BCUT2D eigenvalue weighted by molar-refractivity contribution is 0.245. The van der Waals surface area contributed by atoms with E-state index in [4.69, 9.17) is 4.55 Å². The SMILES string of the molecule is CC(C)(CS(=O)(=O)O)NC12CCC(CC1)C2. The van der Waals surface area contributed by atoms with Crippen LogP contribution in [0, 0.1) is 5.92 Å². The van der Waals surface area contributed by atoms with Crippen LogP contribution in [0.4, 0.5) is 0 Å². The molecule has 0 unspecified atom stereocenters. The van der Waals surface area contributed by atoms with E-state index in [1.807, 2.05) is 13.8 Å². The average Bonchev–Trinajstić information content (AvgIpc) is 2.55. The lowest BCUT2D eigenvalue weighted by atomic mass is 9.90. The smallest absolute Gasteiger partial charge is 0.266 e. The first-order valence-corrected chi connectivity index (χ1v) is 7.55. The van der Waals surface area contributed by atoms with Crippen molar-refractivity contribution in [3.8, 4) is 0 Å². The van der Waals surface area contributed by atoms with Crippen LogP contribution in [0.2, 0.25) is 0 Å². The first-order chi connectivity index (χ1) is 7.20. The summed E-state index contributed by atoms with van der Waals surface area (Å²) in [7, 11) is -3.91. The molecule has 2 rings (SSSR count). The van der Waals surface area contributed by atoms with Crippen LogP contribution in [0.15, 0.2) is 0 Å². The van der Waals surface area contributed by atoms with Gasteiger partial charge in [-0.05, 0) is 51.9 Å². The van der Waals surface area contributed by atoms with Crippen LogP contribution in [0.1, 0.15) is 46.0 Å². The van der Waals surface area contributed by atoms with E-state index in [0.717, 1.165) is 18.8 Å². The van der Waals surface area contributed by atoms with E-state index in [0.29, 0.717) is 0 Å². The Morgan fingerprint density at radius 2 is 1.94 bits per heavy atom. The van der Waals surface area contributed by atoms with E-state index in [1.54, 1.807) is 0 Å². The molecule has 16 heavy (non-hydrogen) atoms. The minimum Gasteiger partial charge on any atom is -0.305 e. The van der Waals surface area contributed by atoms with Crippen LogP contribution in [0.25, 0.3) is 0 Å². The van der Waals surface area contributed by atoms with E-state index in [-0.39, 0.29) is 11.3 Å². The Balaban J connectivity index is 2.03. The third kappa shape index (κ3) is 2.76. The largest absolute Gasteiger partial charge is 0.305 e. The van der Waals surface area contributed by atoms with Crippen LogP contribution in [0.5, 0.6) is 0 Å². The van der Waals surface area contributed by atoms with Gasteiger partial charge in [0.15, 0.2) is 0 Å². The van der Waals surface area contributed by atoms with Crippen molar-refractivity contribution in [3.63, 3.8) is 0 Å².